The van der Waals surface area contributed by atoms with Gasteiger partial charge < -0.3 is 15.7 Å². The molecule has 2 atom stereocenters. The highest BCUT2D eigenvalue weighted by atomic mass is 16.3. The predicted molar refractivity (Wildman–Crippen MR) is 71.6 cm³/mol. The van der Waals surface area contributed by atoms with Crippen LogP contribution in [0.3, 0.4) is 0 Å². The van der Waals surface area contributed by atoms with E-state index in [9.17, 15) is 9.90 Å². The molecule has 0 saturated carbocycles. The highest BCUT2D eigenvalue weighted by Crippen LogP contribution is 2.37. The number of nitrogens with zero attached hydrogens (tertiary/aromatic N) is 2. The molecule has 0 spiro atoms. The predicted octanol–water partition coefficient (Wildman–Crippen LogP) is 1.10. The van der Waals surface area contributed by atoms with Gasteiger partial charge in [0.25, 0.3) is 5.91 Å². The van der Waals surface area contributed by atoms with E-state index in [-0.39, 0.29) is 24.1 Å². The van der Waals surface area contributed by atoms with Crippen molar-refractivity contribution in [1.82, 2.24) is 9.88 Å². The number of hydrogen-bond acceptors (Lipinski definition) is 4. The van der Waals surface area contributed by atoms with Gasteiger partial charge in [-0.05, 0) is 38.7 Å². The van der Waals surface area contributed by atoms with E-state index in [1.807, 2.05) is 11.8 Å². The third kappa shape index (κ3) is 2.08. The van der Waals surface area contributed by atoms with Crippen LogP contribution < -0.4 is 5.73 Å². The Balaban J connectivity index is 1.88. The summed E-state index contributed by atoms with van der Waals surface area (Å²) in [7, 11) is 0. The number of pyridine rings is 1. The zero-order valence-electron chi connectivity index (χ0n) is 11.0. The summed E-state index contributed by atoms with van der Waals surface area (Å²) in [5, 5.41) is 9.78. The van der Waals surface area contributed by atoms with Crippen LogP contribution in [0.2, 0.25) is 0 Å². The van der Waals surface area contributed by atoms with Gasteiger partial charge in [0.1, 0.15) is 0 Å². The summed E-state index contributed by atoms with van der Waals surface area (Å²) in [5.41, 5.74) is 7.72. The first-order valence-corrected chi connectivity index (χ1v) is 6.79. The molecule has 5 nitrogen and oxygen atoms in total. The van der Waals surface area contributed by atoms with Crippen molar-refractivity contribution in [2.45, 2.75) is 50.8 Å². The van der Waals surface area contributed by atoms with E-state index in [0.717, 1.165) is 18.5 Å². The Kier molecular flexibility index (Phi) is 2.93. The Bertz CT molecular complexity index is 503. The number of carbonyl (C=O) groups is 1. The molecule has 3 rings (SSSR count). The molecule has 0 aliphatic carbocycles. The van der Waals surface area contributed by atoms with E-state index in [4.69, 9.17) is 5.73 Å². The van der Waals surface area contributed by atoms with Crippen LogP contribution in [-0.2, 0) is 0 Å². The highest BCUT2D eigenvalue weighted by molar-refractivity contribution is 5.99. The number of amides is 1. The van der Waals surface area contributed by atoms with Gasteiger partial charge in [-0.3, -0.25) is 9.78 Å². The van der Waals surface area contributed by atoms with Crippen LogP contribution >= 0.6 is 0 Å². The molecule has 19 heavy (non-hydrogen) atoms. The number of aromatic nitrogens is 1. The van der Waals surface area contributed by atoms with Gasteiger partial charge in [-0.25, -0.2) is 0 Å². The molecular weight excluding hydrogens is 242 g/mol. The lowest BCUT2D eigenvalue weighted by Gasteiger charge is -2.37. The molecular formula is C14H19N3O2. The highest BCUT2D eigenvalue weighted by Gasteiger charge is 2.43. The standard InChI is InChI=1S/C14H19N3O2/c1-8-4-13(15)12(7-16-8)14(19)17-9-2-3-10(17)6-11(18)5-9/h4,7,9-11,18H,2-3,5-6H2,1H3,(H2,15,16). The van der Waals surface area contributed by atoms with Gasteiger partial charge in [-0.15, -0.1) is 0 Å². The van der Waals surface area contributed by atoms with Crippen LogP contribution in [0.4, 0.5) is 5.69 Å². The molecule has 0 radical (unpaired) electrons. The van der Waals surface area contributed by atoms with E-state index in [0.29, 0.717) is 24.1 Å². The number of rotatable bonds is 1. The molecule has 3 N–H and O–H groups in total. The van der Waals surface area contributed by atoms with Crippen molar-refractivity contribution < 1.29 is 9.90 Å². The minimum absolute atomic E-state index is 0.0376. The SMILES string of the molecule is Cc1cc(N)c(C(=O)N2C3CCC2CC(O)C3)cn1. The molecule has 1 aromatic heterocycles. The van der Waals surface area contributed by atoms with Crippen LogP contribution in [0.25, 0.3) is 0 Å². The molecule has 0 aromatic carbocycles. The van der Waals surface area contributed by atoms with Gasteiger partial charge in [0.15, 0.2) is 0 Å². The molecule has 2 unspecified atom stereocenters. The number of piperidine rings is 1. The minimum Gasteiger partial charge on any atom is -0.398 e. The molecule has 3 heterocycles. The largest absolute Gasteiger partial charge is 0.398 e. The van der Waals surface area contributed by atoms with Crippen LogP contribution in [-0.4, -0.2) is 39.1 Å². The summed E-state index contributed by atoms with van der Waals surface area (Å²) in [6, 6.07) is 2.04. The van der Waals surface area contributed by atoms with Crippen molar-refractivity contribution in [2.24, 2.45) is 0 Å². The molecule has 2 fully saturated rings. The lowest BCUT2D eigenvalue weighted by Crippen LogP contribution is -2.48. The number of fused-ring (bicyclic) bond motifs is 2. The molecule has 2 saturated heterocycles. The summed E-state index contributed by atoms with van der Waals surface area (Å²) in [5.74, 6) is -0.0376. The van der Waals surface area contributed by atoms with Gasteiger partial charge in [0.2, 0.25) is 0 Å². The molecule has 2 aliphatic rings. The zero-order chi connectivity index (χ0) is 13.6. The van der Waals surface area contributed by atoms with Crippen LogP contribution in [0.1, 0.15) is 41.7 Å². The Morgan fingerprint density at radius 1 is 1.42 bits per heavy atom. The smallest absolute Gasteiger partial charge is 0.258 e. The second kappa shape index (κ2) is 4.49. The van der Waals surface area contributed by atoms with E-state index in [2.05, 4.69) is 4.98 Å². The fourth-order valence-electron chi connectivity index (χ4n) is 3.38. The Morgan fingerprint density at radius 3 is 2.63 bits per heavy atom. The second-order valence-corrected chi connectivity index (χ2v) is 5.64. The van der Waals surface area contributed by atoms with Gasteiger partial charge >= 0.3 is 0 Å². The van der Waals surface area contributed by atoms with Crippen molar-refractivity contribution in [2.75, 3.05) is 5.73 Å². The average molecular weight is 261 g/mol. The van der Waals surface area contributed by atoms with Gasteiger partial charge in [-0.1, -0.05) is 0 Å². The Labute approximate surface area is 112 Å². The fourth-order valence-corrected chi connectivity index (χ4v) is 3.38. The van der Waals surface area contributed by atoms with Crippen molar-refractivity contribution in [3.63, 3.8) is 0 Å². The number of nitrogen functional groups attached to an aromatic ring is 1. The number of carbonyl (C=O) groups excluding carboxylic acids is 1. The Morgan fingerprint density at radius 2 is 2.05 bits per heavy atom. The van der Waals surface area contributed by atoms with Gasteiger partial charge in [0, 0.05) is 29.7 Å². The van der Waals surface area contributed by atoms with Crippen LogP contribution in [0.15, 0.2) is 12.3 Å². The second-order valence-electron chi connectivity index (χ2n) is 5.64. The lowest BCUT2D eigenvalue weighted by molar-refractivity contribution is 0.0287. The van der Waals surface area contributed by atoms with Crippen molar-refractivity contribution in [3.05, 3.63) is 23.5 Å². The molecule has 102 valence electrons. The summed E-state index contributed by atoms with van der Waals surface area (Å²) in [6.45, 7) is 1.85. The summed E-state index contributed by atoms with van der Waals surface area (Å²) in [4.78, 5) is 18.7. The summed E-state index contributed by atoms with van der Waals surface area (Å²) >= 11 is 0. The monoisotopic (exact) mass is 261 g/mol. The normalized spacial score (nSPS) is 29.6. The Hall–Kier alpha value is -1.62. The topological polar surface area (TPSA) is 79.5 Å². The lowest BCUT2D eigenvalue weighted by atomic mass is 9.98. The maximum absolute atomic E-state index is 12.6. The van der Waals surface area contributed by atoms with Crippen LogP contribution in [0, 0.1) is 6.92 Å². The number of aryl methyl sites for hydroxylation is 1. The molecule has 1 amide bonds. The number of aliphatic hydroxyl groups is 1. The number of aliphatic hydroxyl groups excluding tert-OH is 1. The van der Waals surface area contributed by atoms with Crippen molar-refractivity contribution in [1.29, 1.82) is 0 Å². The minimum atomic E-state index is -0.268. The van der Waals surface area contributed by atoms with Gasteiger partial charge in [0.05, 0.1) is 11.7 Å². The van der Waals surface area contributed by atoms with E-state index in [1.165, 1.54) is 0 Å². The summed E-state index contributed by atoms with van der Waals surface area (Å²) < 4.78 is 0. The number of nitrogens with two attached hydrogens (primary N) is 1. The fraction of sp³-hybridized carbons (Fsp3) is 0.571. The number of anilines is 1. The number of hydrogen-bond donors (Lipinski definition) is 2. The van der Waals surface area contributed by atoms with Crippen molar-refractivity contribution >= 4 is 11.6 Å². The zero-order valence-corrected chi connectivity index (χ0v) is 11.0. The van der Waals surface area contributed by atoms with E-state index in [1.54, 1.807) is 12.3 Å². The van der Waals surface area contributed by atoms with E-state index >= 15 is 0 Å². The quantitative estimate of drug-likeness (QED) is 0.793. The van der Waals surface area contributed by atoms with Crippen LogP contribution in [0.5, 0.6) is 0 Å². The van der Waals surface area contributed by atoms with Gasteiger partial charge in [-0.2, -0.15) is 0 Å². The average Bonchev–Trinajstić information content (AvgIpc) is 2.61. The third-order valence-electron chi connectivity index (χ3n) is 4.25. The maximum atomic E-state index is 12.6. The first kappa shape index (κ1) is 12.4. The van der Waals surface area contributed by atoms with Crippen molar-refractivity contribution in [3.8, 4) is 0 Å². The molecule has 2 aliphatic heterocycles. The van der Waals surface area contributed by atoms with E-state index < -0.39 is 0 Å². The molecule has 2 bridgehead atoms. The first-order valence-electron chi connectivity index (χ1n) is 6.79. The summed E-state index contributed by atoms with van der Waals surface area (Å²) in [6.07, 6.45) is 4.62. The molecule has 5 heteroatoms. The maximum Gasteiger partial charge on any atom is 0.258 e. The third-order valence-corrected chi connectivity index (χ3v) is 4.25. The molecule has 1 aromatic rings. The first-order chi connectivity index (χ1) is 9.06.